The molecule has 0 radical (unpaired) electrons. The van der Waals surface area contributed by atoms with E-state index in [1.54, 1.807) is 6.20 Å². The zero-order valence-electron chi connectivity index (χ0n) is 11.9. The van der Waals surface area contributed by atoms with Gasteiger partial charge in [-0.3, -0.25) is 9.88 Å². The Morgan fingerprint density at radius 3 is 3.00 bits per heavy atom. The van der Waals surface area contributed by atoms with Crippen LogP contribution in [-0.4, -0.2) is 60.5 Å². The van der Waals surface area contributed by atoms with E-state index in [1.807, 2.05) is 30.3 Å². The Bertz CT molecular complexity index is 584. The van der Waals surface area contributed by atoms with Gasteiger partial charge < -0.3 is 14.6 Å². The van der Waals surface area contributed by atoms with Crippen LogP contribution in [0.15, 0.2) is 36.5 Å². The first-order valence-corrected chi connectivity index (χ1v) is 7.27. The number of pyridine rings is 1. The van der Waals surface area contributed by atoms with Gasteiger partial charge in [0.2, 0.25) is 0 Å². The van der Waals surface area contributed by atoms with E-state index in [0.29, 0.717) is 13.2 Å². The fourth-order valence-electron chi connectivity index (χ4n) is 2.47. The highest BCUT2D eigenvalue weighted by Gasteiger charge is 2.15. The molecule has 0 amide bonds. The van der Waals surface area contributed by atoms with Gasteiger partial charge in [-0.2, -0.15) is 0 Å². The van der Waals surface area contributed by atoms with Crippen LogP contribution in [0.5, 0.6) is 5.75 Å². The number of fused-ring (bicyclic) bond motifs is 1. The Balaban J connectivity index is 1.53. The summed E-state index contributed by atoms with van der Waals surface area (Å²) in [4.78, 5) is 6.47. The van der Waals surface area contributed by atoms with Gasteiger partial charge in [-0.15, -0.1) is 0 Å². The number of morpholine rings is 1. The molecule has 5 nitrogen and oxygen atoms in total. The molecule has 3 rings (SSSR count). The maximum absolute atomic E-state index is 10.1. The summed E-state index contributed by atoms with van der Waals surface area (Å²) in [5.74, 6) is 0.761. The Morgan fingerprint density at radius 2 is 2.14 bits per heavy atom. The molecule has 1 aliphatic rings. The monoisotopic (exact) mass is 288 g/mol. The predicted molar refractivity (Wildman–Crippen MR) is 80.5 cm³/mol. The maximum atomic E-state index is 10.1. The number of β-amino-alcohol motifs (C(OH)–C–C–N with tert-alkyl or cyclic N) is 1. The number of rotatable bonds is 5. The van der Waals surface area contributed by atoms with E-state index >= 15 is 0 Å². The van der Waals surface area contributed by atoms with Crippen molar-refractivity contribution in [3.05, 3.63) is 36.5 Å². The topological polar surface area (TPSA) is 54.8 Å². The van der Waals surface area contributed by atoms with Gasteiger partial charge in [-0.1, -0.05) is 6.07 Å². The molecule has 0 saturated carbocycles. The molecule has 1 saturated heterocycles. The molecule has 1 N–H and O–H groups in total. The van der Waals surface area contributed by atoms with Gasteiger partial charge in [0, 0.05) is 31.2 Å². The lowest BCUT2D eigenvalue weighted by atomic mass is 10.2. The molecular formula is C16H20N2O3. The second-order valence-corrected chi connectivity index (χ2v) is 5.24. The average molecular weight is 288 g/mol. The second kappa shape index (κ2) is 6.85. The lowest BCUT2D eigenvalue weighted by molar-refractivity contribution is 0.00467. The first-order valence-electron chi connectivity index (χ1n) is 7.27. The zero-order valence-corrected chi connectivity index (χ0v) is 11.9. The zero-order chi connectivity index (χ0) is 14.5. The van der Waals surface area contributed by atoms with Crippen molar-refractivity contribution in [1.29, 1.82) is 0 Å². The first kappa shape index (κ1) is 14.3. The number of aliphatic hydroxyl groups is 1. The smallest absolute Gasteiger partial charge is 0.120 e. The number of aromatic nitrogens is 1. The van der Waals surface area contributed by atoms with Crippen molar-refractivity contribution in [2.24, 2.45) is 0 Å². The fraction of sp³-hybridized carbons (Fsp3) is 0.438. The molecule has 21 heavy (non-hydrogen) atoms. The van der Waals surface area contributed by atoms with Crippen LogP contribution in [0.2, 0.25) is 0 Å². The summed E-state index contributed by atoms with van der Waals surface area (Å²) in [6.45, 7) is 4.15. The van der Waals surface area contributed by atoms with Crippen molar-refractivity contribution < 1.29 is 14.6 Å². The number of benzene rings is 1. The molecule has 1 atom stereocenters. The van der Waals surface area contributed by atoms with E-state index in [9.17, 15) is 5.11 Å². The van der Waals surface area contributed by atoms with Crippen molar-refractivity contribution in [3.63, 3.8) is 0 Å². The predicted octanol–water partition coefficient (Wildman–Crippen LogP) is 1.31. The quantitative estimate of drug-likeness (QED) is 0.899. The van der Waals surface area contributed by atoms with Crippen LogP contribution in [0.4, 0.5) is 0 Å². The van der Waals surface area contributed by atoms with Crippen molar-refractivity contribution in [2.75, 3.05) is 39.5 Å². The van der Waals surface area contributed by atoms with Crippen LogP contribution >= 0.6 is 0 Å². The van der Waals surface area contributed by atoms with Gasteiger partial charge >= 0.3 is 0 Å². The minimum atomic E-state index is -0.493. The average Bonchev–Trinajstić information content (AvgIpc) is 2.54. The molecule has 1 fully saturated rings. The van der Waals surface area contributed by atoms with Gasteiger partial charge in [0.15, 0.2) is 0 Å². The lowest BCUT2D eigenvalue weighted by Gasteiger charge is -2.28. The molecule has 1 aromatic heterocycles. The van der Waals surface area contributed by atoms with Gasteiger partial charge in [-0.25, -0.2) is 0 Å². The molecule has 1 aliphatic heterocycles. The molecule has 0 aliphatic carbocycles. The highest BCUT2D eigenvalue weighted by Crippen LogP contribution is 2.19. The Kier molecular flexibility index (Phi) is 4.65. The van der Waals surface area contributed by atoms with Crippen LogP contribution in [0.3, 0.4) is 0 Å². The molecule has 2 heterocycles. The summed E-state index contributed by atoms with van der Waals surface area (Å²) < 4.78 is 11.0. The van der Waals surface area contributed by atoms with Crippen LogP contribution in [0, 0.1) is 0 Å². The highest BCUT2D eigenvalue weighted by molar-refractivity contribution is 5.79. The number of ether oxygens (including phenoxy) is 2. The molecule has 0 unspecified atom stereocenters. The fourth-order valence-corrected chi connectivity index (χ4v) is 2.47. The van der Waals surface area contributed by atoms with Crippen molar-refractivity contribution in [1.82, 2.24) is 9.88 Å². The number of nitrogens with zero attached hydrogens (tertiary/aromatic N) is 2. The first-order chi connectivity index (χ1) is 10.3. The van der Waals surface area contributed by atoms with Crippen molar-refractivity contribution in [3.8, 4) is 5.75 Å². The minimum absolute atomic E-state index is 0.295. The standard InChI is InChI=1S/C16H20N2O3/c19-14(11-18-6-8-20-9-7-18)12-21-15-3-4-16-13(10-15)2-1-5-17-16/h1-5,10,14,19H,6-9,11-12H2/t14-/m1/s1. The maximum Gasteiger partial charge on any atom is 0.120 e. The summed E-state index contributed by atoms with van der Waals surface area (Å²) in [5.41, 5.74) is 0.943. The molecule has 5 heteroatoms. The number of hydrogen-bond acceptors (Lipinski definition) is 5. The Hall–Kier alpha value is -1.69. The van der Waals surface area contributed by atoms with Crippen LogP contribution in [-0.2, 0) is 4.74 Å². The third-order valence-electron chi connectivity index (χ3n) is 3.59. The van der Waals surface area contributed by atoms with E-state index in [2.05, 4.69) is 9.88 Å². The normalized spacial score (nSPS) is 17.8. The van der Waals surface area contributed by atoms with E-state index in [1.165, 1.54) is 0 Å². The van der Waals surface area contributed by atoms with E-state index in [4.69, 9.17) is 9.47 Å². The van der Waals surface area contributed by atoms with Gasteiger partial charge in [-0.05, 0) is 24.3 Å². The molecule has 0 spiro atoms. The van der Waals surface area contributed by atoms with E-state index in [0.717, 1.165) is 43.0 Å². The van der Waals surface area contributed by atoms with Crippen molar-refractivity contribution in [2.45, 2.75) is 6.10 Å². The second-order valence-electron chi connectivity index (χ2n) is 5.24. The molecular weight excluding hydrogens is 268 g/mol. The van der Waals surface area contributed by atoms with Gasteiger partial charge in [0.1, 0.15) is 18.5 Å². The Labute approximate surface area is 124 Å². The summed E-state index contributed by atoms with van der Waals surface area (Å²) in [7, 11) is 0. The van der Waals surface area contributed by atoms with Crippen LogP contribution < -0.4 is 4.74 Å². The van der Waals surface area contributed by atoms with Crippen LogP contribution in [0.1, 0.15) is 0 Å². The van der Waals surface area contributed by atoms with Gasteiger partial charge in [0.25, 0.3) is 0 Å². The largest absolute Gasteiger partial charge is 0.491 e. The summed E-state index contributed by atoms with van der Waals surface area (Å²) in [5, 5.41) is 11.1. The lowest BCUT2D eigenvalue weighted by Crippen LogP contribution is -2.42. The van der Waals surface area contributed by atoms with E-state index in [-0.39, 0.29) is 0 Å². The molecule has 112 valence electrons. The highest BCUT2D eigenvalue weighted by atomic mass is 16.5. The third kappa shape index (κ3) is 3.91. The molecule has 1 aromatic carbocycles. The summed E-state index contributed by atoms with van der Waals surface area (Å²) >= 11 is 0. The third-order valence-corrected chi connectivity index (χ3v) is 3.59. The van der Waals surface area contributed by atoms with E-state index < -0.39 is 6.10 Å². The minimum Gasteiger partial charge on any atom is -0.491 e. The number of aliphatic hydroxyl groups excluding tert-OH is 1. The van der Waals surface area contributed by atoms with Crippen molar-refractivity contribution >= 4 is 10.9 Å². The summed E-state index contributed by atoms with van der Waals surface area (Å²) in [6.07, 6.45) is 1.28. The van der Waals surface area contributed by atoms with Gasteiger partial charge in [0.05, 0.1) is 18.7 Å². The number of hydrogen-bond donors (Lipinski definition) is 1. The summed E-state index contributed by atoms with van der Waals surface area (Å²) in [6, 6.07) is 9.67. The Morgan fingerprint density at radius 1 is 1.29 bits per heavy atom. The SMILES string of the molecule is O[C@@H](COc1ccc2ncccc2c1)CN1CCOCC1. The molecule has 2 aromatic rings. The molecule has 0 bridgehead atoms. The van der Waals surface area contributed by atoms with Crippen LogP contribution in [0.25, 0.3) is 10.9 Å².